The van der Waals surface area contributed by atoms with Gasteiger partial charge in [0.05, 0.1) is 18.2 Å². The molecule has 1 unspecified atom stereocenters. The number of hydrogen-bond acceptors (Lipinski definition) is 4. The summed E-state index contributed by atoms with van der Waals surface area (Å²) in [5.41, 5.74) is 0.644. The van der Waals surface area contributed by atoms with Crippen LogP contribution in [-0.2, 0) is 16.1 Å². The van der Waals surface area contributed by atoms with Gasteiger partial charge in [-0.2, -0.15) is 5.26 Å². The Balaban J connectivity index is 2.19. The average molecular weight is 261 g/mol. The van der Waals surface area contributed by atoms with Crippen LogP contribution in [0.25, 0.3) is 0 Å². The fraction of sp³-hybridized carbons (Fsp3) is 0.308. The third-order valence-corrected chi connectivity index (χ3v) is 3.07. The summed E-state index contributed by atoms with van der Waals surface area (Å²) in [6.45, 7) is 2.11. The topological polar surface area (TPSA) is 73.2 Å². The SMILES string of the molecule is CC1C(=O)NC(=O)CN1Cc1ccc(F)c(C#N)c1. The molecule has 1 aliphatic heterocycles. The maximum Gasteiger partial charge on any atom is 0.243 e. The Bertz CT molecular complexity index is 580. The molecule has 19 heavy (non-hydrogen) atoms. The number of nitrogens with zero attached hydrogens (tertiary/aromatic N) is 2. The quantitative estimate of drug-likeness (QED) is 0.789. The third kappa shape index (κ3) is 2.77. The molecule has 1 aromatic rings. The van der Waals surface area contributed by atoms with E-state index in [1.165, 1.54) is 12.1 Å². The van der Waals surface area contributed by atoms with Crippen LogP contribution < -0.4 is 5.32 Å². The van der Waals surface area contributed by atoms with Gasteiger partial charge in [0.15, 0.2) is 0 Å². The van der Waals surface area contributed by atoms with Crippen LogP contribution in [0, 0.1) is 17.1 Å². The van der Waals surface area contributed by atoms with Crippen LogP contribution >= 0.6 is 0 Å². The lowest BCUT2D eigenvalue weighted by atomic mass is 10.1. The number of nitrogens with one attached hydrogen (secondary N) is 1. The second-order valence-corrected chi connectivity index (χ2v) is 4.42. The molecular formula is C13H12FN3O2. The van der Waals surface area contributed by atoms with Crippen LogP contribution in [0.15, 0.2) is 18.2 Å². The van der Waals surface area contributed by atoms with Crippen molar-refractivity contribution >= 4 is 11.8 Å². The van der Waals surface area contributed by atoms with Crippen molar-refractivity contribution in [3.05, 3.63) is 35.1 Å². The summed E-state index contributed by atoms with van der Waals surface area (Å²) < 4.78 is 13.2. The van der Waals surface area contributed by atoms with E-state index in [0.29, 0.717) is 12.1 Å². The van der Waals surface area contributed by atoms with Gasteiger partial charge in [0.25, 0.3) is 0 Å². The fourth-order valence-corrected chi connectivity index (χ4v) is 1.95. The van der Waals surface area contributed by atoms with Crippen molar-refractivity contribution in [2.24, 2.45) is 0 Å². The zero-order valence-corrected chi connectivity index (χ0v) is 10.3. The highest BCUT2D eigenvalue weighted by atomic mass is 19.1. The first-order chi connectivity index (χ1) is 9.01. The summed E-state index contributed by atoms with van der Waals surface area (Å²) in [5.74, 6) is -1.28. The van der Waals surface area contributed by atoms with Gasteiger partial charge in [-0.05, 0) is 24.6 Å². The summed E-state index contributed by atoms with van der Waals surface area (Å²) in [7, 11) is 0. The Morgan fingerprint density at radius 3 is 2.95 bits per heavy atom. The number of carbonyl (C=O) groups is 2. The van der Waals surface area contributed by atoms with Crippen molar-refractivity contribution in [1.82, 2.24) is 10.2 Å². The van der Waals surface area contributed by atoms with E-state index in [9.17, 15) is 14.0 Å². The lowest BCUT2D eigenvalue weighted by molar-refractivity contribution is -0.139. The van der Waals surface area contributed by atoms with E-state index >= 15 is 0 Å². The number of carbonyl (C=O) groups excluding carboxylic acids is 2. The maximum atomic E-state index is 13.2. The lowest BCUT2D eigenvalue weighted by Crippen LogP contribution is -2.56. The molecule has 98 valence electrons. The number of amides is 2. The second-order valence-electron chi connectivity index (χ2n) is 4.42. The van der Waals surface area contributed by atoms with Gasteiger partial charge in [-0.15, -0.1) is 0 Å². The molecule has 6 heteroatoms. The molecule has 0 aliphatic carbocycles. The molecule has 0 bridgehead atoms. The molecule has 1 heterocycles. The smallest absolute Gasteiger partial charge is 0.243 e. The van der Waals surface area contributed by atoms with Crippen LogP contribution in [0.5, 0.6) is 0 Å². The first kappa shape index (κ1) is 13.2. The molecule has 0 spiro atoms. The average Bonchev–Trinajstić information content (AvgIpc) is 2.37. The van der Waals surface area contributed by atoms with Crippen LogP contribution in [0.3, 0.4) is 0 Å². The second kappa shape index (κ2) is 5.16. The Kier molecular flexibility index (Phi) is 3.58. The summed E-state index contributed by atoms with van der Waals surface area (Å²) in [5, 5.41) is 11.0. The predicted molar refractivity (Wildman–Crippen MR) is 64.1 cm³/mol. The first-order valence-electron chi connectivity index (χ1n) is 5.77. The van der Waals surface area contributed by atoms with E-state index in [4.69, 9.17) is 5.26 Å². The van der Waals surface area contributed by atoms with Crippen LogP contribution in [0.1, 0.15) is 18.1 Å². The van der Waals surface area contributed by atoms with Gasteiger partial charge in [-0.3, -0.25) is 19.8 Å². The molecule has 0 radical (unpaired) electrons. The molecule has 1 aromatic carbocycles. The third-order valence-electron chi connectivity index (χ3n) is 3.07. The fourth-order valence-electron chi connectivity index (χ4n) is 1.95. The summed E-state index contributed by atoms with van der Waals surface area (Å²) in [6, 6.07) is 5.51. The van der Waals surface area contributed by atoms with Crippen molar-refractivity contribution in [2.75, 3.05) is 6.54 Å². The van der Waals surface area contributed by atoms with Crippen molar-refractivity contribution in [1.29, 1.82) is 5.26 Å². The molecule has 5 nitrogen and oxygen atoms in total. The molecular weight excluding hydrogens is 249 g/mol. The molecule has 1 saturated heterocycles. The molecule has 2 rings (SSSR count). The van der Waals surface area contributed by atoms with Gasteiger partial charge in [-0.1, -0.05) is 6.07 Å². The largest absolute Gasteiger partial charge is 0.294 e. The summed E-state index contributed by atoms with van der Waals surface area (Å²) >= 11 is 0. The van der Waals surface area contributed by atoms with Crippen LogP contribution in [0.4, 0.5) is 4.39 Å². The molecule has 0 aromatic heterocycles. The normalized spacial score (nSPS) is 19.9. The zero-order chi connectivity index (χ0) is 14.0. The van der Waals surface area contributed by atoms with Gasteiger partial charge >= 0.3 is 0 Å². The van der Waals surface area contributed by atoms with E-state index in [2.05, 4.69) is 5.32 Å². The van der Waals surface area contributed by atoms with Gasteiger partial charge in [-0.25, -0.2) is 4.39 Å². The molecule has 1 atom stereocenters. The highest BCUT2D eigenvalue weighted by Gasteiger charge is 2.30. The van der Waals surface area contributed by atoms with Crippen molar-refractivity contribution in [3.63, 3.8) is 0 Å². The van der Waals surface area contributed by atoms with Gasteiger partial charge in [0.2, 0.25) is 11.8 Å². The van der Waals surface area contributed by atoms with Crippen molar-refractivity contribution in [2.45, 2.75) is 19.5 Å². The van der Waals surface area contributed by atoms with Gasteiger partial charge in [0.1, 0.15) is 11.9 Å². The van der Waals surface area contributed by atoms with Crippen molar-refractivity contribution in [3.8, 4) is 6.07 Å². The summed E-state index contributed by atoms with van der Waals surface area (Å²) in [6.07, 6.45) is 0. The Labute approximate surface area is 109 Å². The highest BCUT2D eigenvalue weighted by molar-refractivity contribution is 6.00. The summed E-state index contributed by atoms with van der Waals surface area (Å²) in [4.78, 5) is 24.5. The van der Waals surface area contributed by atoms with Gasteiger partial charge < -0.3 is 0 Å². The van der Waals surface area contributed by atoms with Crippen molar-refractivity contribution < 1.29 is 14.0 Å². The lowest BCUT2D eigenvalue weighted by Gasteiger charge is -2.31. The highest BCUT2D eigenvalue weighted by Crippen LogP contribution is 2.14. The Morgan fingerprint density at radius 1 is 1.53 bits per heavy atom. The number of piperazine rings is 1. The molecule has 1 fully saturated rings. The van der Waals surface area contributed by atoms with Crippen LogP contribution in [-0.4, -0.2) is 29.3 Å². The van der Waals surface area contributed by atoms with Crippen LogP contribution in [0.2, 0.25) is 0 Å². The first-order valence-corrected chi connectivity index (χ1v) is 5.77. The Hall–Kier alpha value is -2.26. The van der Waals surface area contributed by atoms with E-state index in [1.54, 1.807) is 24.0 Å². The number of benzene rings is 1. The van der Waals surface area contributed by atoms with E-state index < -0.39 is 11.9 Å². The van der Waals surface area contributed by atoms with E-state index in [0.717, 1.165) is 0 Å². The number of hydrogen-bond donors (Lipinski definition) is 1. The molecule has 1 aliphatic rings. The predicted octanol–water partition coefficient (Wildman–Crippen LogP) is 0.544. The molecule has 1 N–H and O–H groups in total. The standard InChI is InChI=1S/C13H12FN3O2/c1-8-13(19)16-12(18)7-17(8)6-9-2-3-11(14)10(4-9)5-15/h2-4,8H,6-7H2,1H3,(H,16,18,19). The Morgan fingerprint density at radius 2 is 2.26 bits per heavy atom. The minimum Gasteiger partial charge on any atom is -0.294 e. The van der Waals surface area contributed by atoms with E-state index in [1.807, 2.05) is 0 Å². The number of rotatable bonds is 2. The minimum absolute atomic E-state index is 0.0436. The minimum atomic E-state index is -0.577. The maximum absolute atomic E-state index is 13.2. The van der Waals surface area contributed by atoms with Gasteiger partial charge in [0, 0.05) is 6.54 Å². The van der Waals surface area contributed by atoms with E-state index in [-0.39, 0.29) is 23.9 Å². The molecule has 0 saturated carbocycles. The zero-order valence-electron chi connectivity index (χ0n) is 10.3. The number of halogens is 1. The number of nitriles is 1. The number of imide groups is 1. The molecule has 2 amide bonds. The monoisotopic (exact) mass is 261 g/mol.